The first-order chi connectivity index (χ1) is 9.10. The molecule has 0 unspecified atom stereocenters. The van der Waals surface area contributed by atoms with E-state index in [1.807, 2.05) is 20.8 Å². The van der Waals surface area contributed by atoms with E-state index in [2.05, 4.69) is 24.1 Å². The van der Waals surface area contributed by atoms with E-state index >= 15 is 0 Å². The Bertz CT molecular complexity index is 349. The lowest BCUT2D eigenvalue weighted by molar-refractivity contribution is -0.122. The zero-order chi connectivity index (χ0) is 15.4. The van der Waals surface area contributed by atoms with Gasteiger partial charge in [0.2, 0.25) is 0 Å². The van der Waals surface area contributed by atoms with Crippen LogP contribution in [0, 0.1) is 0 Å². The van der Waals surface area contributed by atoms with Crippen LogP contribution >= 0.6 is 0 Å². The molecule has 0 bridgehead atoms. The fourth-order valence-electron chi connectivity index (χ4n) is 2.30. The SMILES string of the molecule is CC(C)(C)OC(=O)NCCC(C)(C)N1CCC(=O)CC1. The minimum atomic E-state index is -0.465. The second-order valence-corrected chi connectivity index (χ2v) is 7.02. The summed E-state index contributed by atoms with van der Waals surface area (Å²) in [6, 6.07) is 0. The Kier molecular flexibility index (Phi) is 5.57. The van der Waals surface area contributed by atoms with Crippen molar-refractivity contribution in [3.63, 3.8) is 0 Å². The molecule has 116 valence electrons. The minimum absolute atomic E-state index is 0.0181. The molecule has 1 aliphatic rings. The predicted octanol–water partition coefficient (Wildman–Crippen LogP) is 2.34. The molecule has 0 aromatic rings. The molecular weight excluding hydrogens is 256 g/mol. The third-order valence-electron chi connectivity index (χ3n) is 3.58. The quantitative estimate of drug-likeness (QED) is 0.861. The lowest BCUT2D eigenvalue weighted by Crippen LogP contribution is -2.50. The van der Waals surface area contributed by atoms with Gasteiger partial charge in [-0.2, -0.15) is 0 Å². The topological polar surface area (TPSA) is 58.6 Å². The van der Waals surface area contributed by atoms with Crippen molar-refractivity contribution in [1.29, 1.82) is 0 Å². The Morgan fingerprint density at radius 3 is 2.25 bits per heavy atom. The van der Waals surface area contributed by atoms with Crippen molar-refractivity contribution in [1.82, 2.24) is 10.2 Å². The molecule has 5 heteroatoms. The number of Topliss-reactive ketones (excluding diaryl/α,β-unsaturated/α-hetero) is 1. The summed E-state index contributed by atoms with van der Waals surface area (Å²) in [6.45, 7) is 12.1. The van der Waals surface area contributed by atoms with E-state index in [-0.39, 0.29) is 11.6 Å². The van der Waals surface area contributed by atoms with Crippen LogP contribution in [0.3, 0.4) is 0 Å². The van der Waals surface area contributed by atoms with Crippen molar-refractivity contribution in [3.05, 3.63) is 0 Å². The number of carbonyl (C=O) groups excluding carboxylic acids is 2. The van der Waals surface area contributed by atoms with Gasteiger partial charge in [-0.3, -0.25) is 9.69 Å². The molecule has 1 N–H and O–H groups in total. The standard InChI is InChI=1S/C15H28N2O3/c1-14(2,3)20-13(19)16-9-8-15(4,5)17-10-6-12(18)7-11-17/h6-11H2,1-5H3,(H,16,19). The number of nitrogens with zero attached hydrogens (tertiary/aromatic N) is 1. The van der Waals surface area contributed by atoms with Gasteiger partial charge in [-0.05, 0) is 41.0 Å². The number of carbonyl (C=O) groups is 2. The van der Waals surface area contributed by atoms with E-state index in [9.17, 15) is 9.59 Å². The van der Waals surface area contributed by atoms with E-state index in [1.54, 1.807) is 0 Å². The predicted molar refractivity (Wildman–Crippen MR) is 78.7 cm³/mol. The van der Waals surface area contributed by atoms with Crippen LogP contribution in [0.15, 0.2) is 0 Å². The number of hydrogen-bond donors (Lipinski definition) is 1. The number of likely N-dealkylation sites (tertiary alicyclic amines) is 1. The van der Waals surface area contributed by atoms with E-state index in [0.29, 0.717) is 25.2 Å². The Balaban J connectivity index is 2.32. The highest BCUT2D eigenvalue weighted by molar-refractivity contribution is 5.79. The van der Waals surface area contributed by atoms with Crippen LogP contribution in [0.2, 0.25) is 0 Å². The average Bonchev–Trinajstić information content (AvgIpc) is 2.26. The Labute approximate surface area is 122 Å². The van der Waals surface area contributed by atoms with E-state index in [1.165, 1.54) is 0 Å². The number of amides is 1. The average molecular weight is 284 g/mol. The van der Waals surface area contributed by atoms with E-state index < -0.39 is 5.60 Å². The largest absolute Gasteiger partial charge is 0.444 e. The van der Waals surface area contributed by atoms with Crippen molar-refractivity contribution in [2.75, 3.05) is 19.6 Å². The van der Waals surface area contributed by atoms with Gasteiger partial charge in [0.15, 0.2) is 0 Å². The summed E-state index contributed by atoms with van der Waals surface area (Å²) in [7, 11) is 0. The summed E-state index contributed by atoms with van der Waals surface area (Å²) >= 11 is 0. The van der Waals surface area contributed by atoms with E-state index in [0.717, 1.165) is 19.5 Å². The number of rotatable bonds is 4. The van der Waals surface area contributed by atoms with Crippen molar-refractivity contribution < 1.29 is 14.3 Å². The third-order valence-corrected chi connectivity index (χ3v) is 3.58. The normalized spacial score (nSPS) is 17.9. The number of piperidine rings is 1. The van der Waals surface area contributed by atoms with Gasteiger partial charge in [0.1, 0.15) is 11.4 Å². The molecule has 0 aromatic heterocycles. The molecule has 1 heterocycles. The molecule has 5 nitrogen and oxygen atoms in total. The maximum absolute atomic E-state index is 11.6. The van der Waals surface area contributed by atoms with Gasteiger partial charge in [0.05, 0.1) is 0 Å². The summed E-state index contributed by atoms with van der Waals surface area (Å²) in [6.07, 6.45) is 1.74. The Hall–Kier alpha value is -1.10. The van der Waals surface area contributed by atoms with Crippen molar-refractivity contribution >= 4 is 11.9 Å². The van der Waals surface area contributed by atoms with Crippen LogP contribution in [0.25, 0.3) is 0 Å². The number of hydrogen-bond acceptors (Lipinski definition) is 4. The fraction of sp³-hybridized carbons (Fsp3) is 0.867. The molecule has 0 radical (unpaired) electrons. The molecule has 1 saturated heterocycles. The molecule has 0 aromatic carbocycles. The second kappa shape index (κ2) is 6.57. The lowest BCUT2D eigenvalue weighted by atomic mass is 9.94. The zero-order valence-corrected chi connectivity index (χ0v) is 13.4. The molecule has 0 aliphatic carbocycles. The van der Waals surface area contributed by atoms with E-state index in [4.69, 9.17) is 4.74 Å². The van der Waals surface area contributed by atoms with Gasteiger partial charge in [0.25, 0.3) is 0 Å². The maximum atomic E-state index is 11.6. The zero-order valence-electron chi connectivity index (χ0n) is 13.4. The number of ketones is 1. The summed E-state index contributed by atoms with van der Waals surface area (Å²) < 4.78 is 5.20. The van der Waals surface area contributed by atoms with Gasteiger partial charge in [-0.25, -0.2) is 4.79 Å². The molecule has 1 aliphatic heterocycles. The summed E-state index contributed by atoms with van der Waals surface area (Å²) in [4.78, 5) is 25.2. The summed E-state index contributed by atoms with van der Waals surface area (Å²) in [5, 5.41) is 2.79. The Morgan fingerprint density at radius 2 is 1.75 bits per heavy atom. The third kappa shape index (κ3) is 5.90. The van der Waals surface area contributed by atoms with Crippen LogP contribution < -0.4 is 5.32 Å². The minimum Gasteiger partial charge on any atom is -0.444 e. The first-order valence-electron chi connectivity index (χ1n) is 7.34. The van der Waals surface area contributed by atoms with Gasteiger partial charge in [-0.1, -0.05) is 0 Å². The van der Waals surface area contributed by atoms with Crippen molar-refractivity contribution in [3.8, 4) is 0 Å². The Morgan fingerprint density at radius 1 is 1.20 bits per heavy atom. The van der Waals surface area contributed by atoms with Crippen molar-refractivity contribution in [2.24, 2.45) is 0 Å². The molecule has 1 rings (SSSR count). The number of alkyl carbamates (subject to hydrolysis) is 1. The number of nitrogens with one attached hydrogen (secondary N) is 1. The molecule has 1 fully saturated rings. The van der Waals surface area contributed by atoms with Crippen LogP contribution in [-0.2, 0) is 9.53 Å². The van der Waals surface area contributed by atoms with Crippen LogP contribution in [0.5, 0.6) is 0 Å². The monoisotopic (exact) mass is 284 g/mol. The fourth-order valence-corrected chi connectivity index (χ4v) is 2.30. The molecule has 0 atom stereocenters. The number of ether oxygens (including phenoxy) is 1. The van der Waals surface area contributed by atoms with Crippen LogP contribution in [-0.4, -0.2) is 47.6 Å². The van der Waals surface area contributed by atoms with Gasteiger partial charge in [-0.15, -0.1) is 0 Å². The first kappa shape index (κ1) is 17.0. The molecule has 0 saturated carbocycles. The molecule has 0 spiro atoms. The molecule has 1 amide bonds. The molecule has 20 heavy (non-hydrogen) atoms. The highest BCUT2D eigenvalue weighted by Crippen LogP contribution is 2.22. The van der Waals surface area contributed by atoms with Crippen LogP contribution in [0.4, 0.5) is 4.79 Å². The van der Waals surface area contributed by atoms with Crippen LogP contribution in [0.1, 0.15) is 53.9 Å². The lowest BCUT2D eigenvalue weighted by Gasteiger charge is -2.40. The maximum Gasteiger partial charge on any atom is 0.407 e. The summed E-state index contributed by atoms with van der Waals surface area (Å²) in [5.74, 6) is 0.351. The second-order valence-electron chi connectivity index (χ2n) is 7.02. The highest BCUT2D eigenvalue weighted by Gasteiger charge is 2.29. The summed E-state index contributed by atoms with van der Waals surface area (Å²) in [5.41, 5.74) is -0.484. The van der Waals surface area contributed by atoms with Crippen molar-refractivity contribution in [2.45, 2.75) is 65.0 Å². The first-order valence-corrected chi connectivity index (χ1v) is 7.34. The highest BCUT2D eigenvalue weighted by atomic mass is 16.6. The molecular formula is C15H28N2O3. The van der Waals surface area contributed by atoms with Gasteiger partial charge >= 0.3 is 6.09 Å². The van der Waals surface area contributed by atoms with Gasteiger partial charge in [0, 0.05) is 38.0 Å². The smallest absolute Gasteiger partial charge is 0.407 e. The van der Waals surface area contributed by atoms with Gasteiger partial charge < -0.3 is 10.1 Å².